The second kappa shape index (κ2) is 5.72. The summed E-state index contributed by atoms with van der Waals surface area (Å²) < 4.78 is 0. The van der Waals surface area contributed by atoms with Crippen LogP contribution in [0.25, 0.3) is 0 Å². The summed E-state index contributed by atoms with van der Waals surface area (Å²) in [6.45, 7) is 5.24. The molecule has 2 aliphatic heterocycles. The van der Waals surface area contributed by atoms with Gasteiger partial charge in [0, 0.05) is 12.6 Å². The zero-order valence-electron chi connectivity index (χ0n) is 9.30. The van der Waals surface area contributed by atoms with E-state index >= 15 is 0 Å². The van der Waals surface area contributed by atoms with E-state index < -0.39 is 0 Å². The maximum atomic E-state index is 3.60. The van der Waals surface area contributed by atoms with Crippen LogP contribution in [0, 0.1) is 0 Å². The van der Waals surface area contributed by atoms with Gasteiger partial charge in [-0.25, -0.2) is 0 Å². The van der Waals surface area contributed by atoms with Crippen molar-refractivity contribution in [1.82, 2.24) is 10.2 Å². The van der Waals surface area contributed by atoms with E-state index in [1.165, 1.54) is 71.1 Å². The summed E-state index contributed by atoms with van der Waals surface area (Å²) in [5.41, 5.74) is 0. The van der Waals surface area contributed by atoms with Gasteiger partial charge in [0.2, 0.25) is 0 Å². The van der Waals surface area contributed by atoms with E-state index in [1.807, 2.05) is 0 Å². The maximum Gasteiger partial charge on any atom is 0.0195 e. The van der Waals surface area contributed by atoms with Gasteiger partial charge in [-0.1, -0.05) is 19.3 Å². The van der Waals surface area contributed by atoms with Crippen LogP contribution >= 0.6 is 0 Å². The first-order chi connectivity index (χ1) is 6.95. The van der Waals surface area contributed by atoms with Crippen LogP contribution in [-0.4, -0.2) is 37.1 Å². The van der Waals surface area contributed by atoms with E-state index in [0.717, 1.165) is 6.04 Å². The Bertz CT molecular complexity index is 144. The van der Waals surface area contributed by atoms with Crippen LogP contribution in [0.3, 0.4) is 0 Å². The molecule has 2 heterocycles. The van der Waals surface area contributed by atoms with Crippen molar-refractivity contribution in [2.75, 3.05) is 26.2 Å². The number of rotatable bonds is 2. The molecule has 0 aromatic heterocycles. The van der Waals surface area contributed by atoms with Crippen LogP contribution in [0.4, 0.5) is 0 Å². The van der Waals surface area contributed by atoms with Gasteiger partial charge in [0.15, 0.2) is 0 Å². The molecule has 1 N–H and O–H groups in total. The Morgan fingerprint density at radius 3 is 2.29 bits per heavy atom. The Hall–Kier alpha value is -0.0800. The third kappa shape index (κ3) is 3.25. The highest BCUT2D eigenvalue weighted by atomic mass is 15.1. The fourth-order valence-electron chi connectivity index (χ4n) is 2.72. The number of nitrogens with zero attached hydrogens (tertiary/aromatic N) is 1. The van der Waals surface area contributed by atoms with Crippen LogP contribution in [0.1, 0.15) is 44.9 Å². The second-order valence-electron chi connectivity index (χ2n) is 4.86. The Balaban J connectivity index is 1.70. The predicted octanol–water partition coefficient (Wildman–Crippen LogP) is 2.00. The summed E-state index contributed by atoms with van der Waals surface area (Å²) in [5.74, 6) is 0. The smallest absolute Gasteiger partial charge is 0.0195 e. The van der Waals surface area contributed by atoms with Crippen LogP contribution in [0.2, 0.25) is 0 Å². The molecule has 82 valence electrons. The molecule has 0 radical (unpaired) electrons. The average molecular weight is 196 g/mol. The Morgan fingerprint density at radius 1 is 0.929 bits per heavy atom. The minimum absolute atomic E-state index is 0.800. The van der Waals surface area contributed by atoms with Crippen molar-refractivity contribution in [2.45, 2.75) is 51.0 Å². The van der Waals surface area contributed by atoms with Crippen molar-refractivity contribution in [3.8, 4) is 0 Å². The Kier molecular flexibility index (Phi) is 4.26. The third-order valence-electron chi connectivity index (χ3n) is 3.59. The lowest BCUT2D eigenvalue weighted by Crippen LogP contribution is -2.39. The van der Waals surface area contributed by atoms with Gasteiger partial charge >= 0.3 is 0 Å². The van der Waals surface area contributed by atoms with Gasteiger partial charge < -0.3 is 10.2 Å². The Morgan fingerprint density at radius 2 is 1.64 bits per heavy atom. The molecule has 0 aliphatic carbocycles. The summed E-state index contributed by atoms with van der Waals surface area (Å²) >= 11 is 0. The molecule has 0 aromatic carbocycles. The van der Waals surface area contributed by atoms with E-state index in [4.69, 9.17) is 0 Å². The summed E-state index contributed by atoms with van der Waals surface area (Å²) in [5, 5.41) is 3.60. The number of hydrogen-bond donors (Lipinski definition) is 1. The highest BCUT2D eigenvalue weighted by molar-refractivity contribution is 4.78. The lowest BCUT2D eigenvalue weighted by molar-refractivity contribution is 0.227. The van der Waals surface area contributed by atoms with Gasteiger partial charge in [-0.3, -0.25) is 0 Å². The molecule has 0 saturated carbocycles. The van der Waals surface area contributed by atoms with Crippen molar-refractivity contribution < 1.29 is 0 Å². The quantitative estimate of drug-likeness (QED) is 0.727. The lowest BCUT2D eigenvalue weighted by Gasteiger charge is -2.27. The van der Waals surface area contributed by atoms with Gasteiger partial charge in [-0.05, 0) is 45.3 Å². The van der Waals surface area contributed by atoms with Crippen LogP contribution in [0.5, 0.6) is 0 Å². The highest BCUT2D eigenvalue weighted by Gasteiger charge is 2.17. The molecule has 1 atom stereocenters. The minimum Gasteiger partial charge on any atom is -0.313 e. The van der Waals surface area contributed by atoms with Crippen molar-refractivity contribution in [3.63, 3.8) is 0 Å². The summed E-state index contributed by atoms with van der Waals surface area (Å²) in [4.78, 5) is 2.68. The van der Waals surface area contributed by atoms with Gasteiger partial charge in [0.1, 0.15) is 0 Å². The first-order valence-corrected chi connectivity index (χ1v) is 6.41. The van der Waals surface area contributed by atoms with E-state index in [0.29, 0.717) is 0 Å². The topological polar surface area (TPSA) is 15.3 Å². The normalized spacial score (nSPS) is 31.3. The lowest BCUT2D eigenvalue weighted by atomic mass is 10.1. The standard InChI is InChI=1S/C12H24N2/c1-2-4-9-14(10-5-3-1)11-12-7-6-8-13-12/h12-13H,1-11H2/t12-/m0/s1. The van der Waals surface area contributed by atoms with Gasteiger partial charge in [-0.15, -0.1) is 0 Å². The average Bonchev–Trinajstić information content (AvgIpc) is 2.62. The molecule has 2 rings (SSSR count). The molecule has 2 fully saturated rings. The first kappa shape index (κ1) is 10.4. The van der Waals surface area contributed by atoms with Crippen molar-refractivity contribution in [3.05, 3.63) is 0 Å². The van der Waals surface area contributed by atoms with Gasteiger partial charge in [-0.2, -0.15) is 0 Å². The zero-order chi connectivity index (χ0) is 9.64. The number of likely N-dealkylation sites (tertiary alicyclic amines) is 1. The highest BCUT2D eigenvalue weighted by Crippen LogP contribution is 2.13. The summed E-state index contributed by atoms with van der Waals surface area (Å²) in [6, 6.07) is 0.800. The van der Waals surface area contributed by atoms with E-state index in [1.54, 1.807) is 0 Å². The molecule has 0 spiro atoms. The monoisotopic (exact) mass is 196 g/mol. The molecular formula is C12H24N2. The fraction of sp³-hybridized carbons (Fsp3) is 1.00. The molecule has 0 aromatic rings. The van der Waals surface area contributed by atoms with E-state index in [2.05, 4.69) is 10.2 Å². The molecule has 2 nitrogen and oxygen atoms in total. The van der Waals surface area contributed by atoms with Gasteiger partial charge in [0.05, 0.1) is 0 Å². The molecule has 0 amide bonds. The van der Waals surface area contributed by atoms with Crippen LogP contribution in [0.15, 0.2) is 0 Å². The molecule has 2 heteroatoms. The minimum atomic E-state index is 0.800. The SMILES string of the molecule is C1CCCN(C[C@@H]2CCCN2)CCC1. The zero-order valence-corrected chi connectivity index (χ0v) is 9.30. The van der Waals surface area contributed by atoms with Crippen LogP contribution < -0.4 is 5.32 Å². The number of hydrogen-bond acceptors (Lipinski definition) is 2. The number of nitrogens with one attached hydrogen (secondary N) is 1. The van der Waals surface area contributed by atoms with E-state index in [-0.39, 0.29) is 0 Å². The van der Waals surface area contributed by atoms with Crippen molar-refractivity contribution >= 4 is 0 Å². The first-order valence-electron chi connectivity index (χ1n) is 6.41. The maximum absolute atomic E-state index is 3.60. The molecule has 14 heavy (non-hydrogen) atoms. The molecule has 0 unspecified atom stereocenters. The molecule has 2 aliphatic rings. The third-order valence-corrected chi connectivity index (χ3v) is 3.59. The molecular weight excluding hydrogens is 172 g/mol. The summed E-state index contributed by atoms with van der Waals surface area (Å²) in [6.07, 6.45) is 10.0. The van der Waals surface area contributed by atoms with Gasteiger partial charge in [0.25, 0.3) is 0 Å². The van der Waals surface area contributed by atoms with Crippen molar-refractivity contribution in [2.24, 2.45) is 0 Å². The second-order valence-corrected chi connectivity index (χ2v) is 4.86. The fourth-order valence-corrected chi connectivity index (χ4v) is 2.72. The Labute approximate surface area is 88.1 Å². The largest absolute Gasteiger partial charge is 0.313 e. The van der Waals surface area contributed by atoms with Crippen LogP contribution in [-0.2, 0) is 0 Å². The predicted molar refractivity (Wildman–Crippen MR) is 60.5 cm³/mol. The van der Waals surface area contributed by atoms with E-state index in [9.17, 15) is 0 Å². The van der Waals surface area contributed by atoms with Crippen molar-refractivity contribution in [1.29, 1.82) is 0 Å². The molecule has 0 bridgehead atoms. The molecule has 2 saturated heterocycles. The summed E-state index contributed by atoms with van der Waals surface area (Å²) in [7, 11) is 0.